The van der Waals surface area contributed by atoms with Crippen LogP contribution in [0.1, 0.15) is 42.6 Å². The van der Waals surface area contributed by atoms with E-state index in [0.717, 1.165) is 30.0 Å². The predicted molar refractivity (Wildman–Crippen MR) is 102 cm³/mol. The summed E-state index contributed by atoms with van der Waals surface area (Å²) in [5.74, 6) is 1.61. The zero-order valence-corrected chi connectivity index (χ0v) is 16.0. The first kappa shape index (κ1) is 17.8. The van der Waals surface area contributed by atoms with Crippen LogP contribution in [0.5, 0.6) is 0 Å². The lowest BCUT2D eigenvalue weighted by Gasteiger charge is -2.18. The lowest BCUT2D eigenvalue weighted by Crippen LogP contribution is -2.13. The average Bonchev–Trinajstić information content (AvgIpc) is 3.33. The number of amides is 1. The van der Waals surface area contributed by atoms with Gasteiger partial charge in [-0.1, -0.05) is 18.5 Å². The maximum atomic E-state index is 12.3. The van der Waals surface area contributed by atoms with Crippen LogP contribution in [0, 0.1) is 5.92 Å². The zero-order valence-electron chi connectivity index (χ0n) is 15.1. The van der Waals surface area contributed by atoms with Gasteiger partial charge >= 0.3 is 0 Å². The highest BCUT2D eigenvalue weighted by Gasteiger charge is 2.22. The summed E-state index contributed by atoms with van der Waals surface area (Å²) in [7, 11) is 0. The number of thiazole rings is 1. The molecule has 0 saturated carbocycles. The van der Waals surface area contributed by atoms with Gasteiger partial charge in [0.1, 0.15) is 0 Å². The minimum absolute atomic E-state index is 0.0863. The Hall–Kier alpha value is -2.61. The molecule has 0 aromatic carbocycles. The monoisotopic (exact) mass is 383 g/mol. The van der Waals surface area contributed by atoms with E-state index in [1.165, 1.54) is 17.7 Å². The van der Waals surface area contributed by atoms with E-state index in [2.05, 4.69) is 32.3 Å². The highest BCUT2D eigenvalue weighted by Crippen LogP contribution is 2.33. The topological polar surface area (TPSA) is 93.8 Å². The van der Waals surface area contributed by atoms with Crippen molar-refractivity contribution in [2.75, 3.05) is 5.32 Å². The van der Waals surface area contributed by atoms with Crippen molar-refractivity contribution < 1.29 is 9.32 Å². The quantitative estimate of drug-likeness (QED) is 0.698. The maximum absolute atomic E-state index is 12.3. The van der Waals surface area contributed by atoms with Gasteiger partial charge in [-0.3, -0.25) is 9.78 Å². The normalized spacial score (nSPS) is 16.1. The number of fused-ring (bicyclic) bond motifs is 1. The Morgan fingerprint density at radius 3 is 3.00 bits per heavy atom. The fraction of sp³-hybridized carbons (Fsp3) is 0.421. The Labute approximate surface area is 161 Å². The van der Waals surface area contributed by atoms with Gasteiger partial charge in [0, 0.05) is 35.7 Å². The van der Waals surface area contributed by atoms with Crippen LogP contribution in [0.4, 0.5) is 5.13 Å². The summed E-state index contributed by atoms with van der Waals surface area (Å²) in [5.41, 5.74) is 1.99. The molecular weight excluding hydrogens is 362 g/mol. The maximum Gasteiger partial charge on any atom is 0.227 e. The van der Waals surface area contributed by atoms with E-state index >= 15 is 0 Å². The van der Waals surface area contributed by atoms with Crippen molar-refractivity contribution in [1.29, 1.82) is 0 Å². The molecule has 1 N–H and O–H groups in total. The number of nitrogens with zero attached hydrogens (tertiary/aromatic N) is 4. The van der Waals surface area contributed by atoms with Gasteiger partial charge in [0.2, 0.25) is 17.6 Å². The first-order valence-corrected chi connectivity index (χ1v) is 10.0. The predicted octanol–water partition coefficient (Wildman–Crippen LogP) is 3.67. The molecule has 3 aromatic heterocycles. The Balaban J connectivity index is 1.32. The summed E-state index contributed by atoms with van der Waals surface area (Å²) in [4.78, 5) is 26.5. The van der Waals surface area contributed by atoms with E-state index in [1.54, 1.807) is 23.7 Å². The van der Waals surface area contributed by atoms with Gasteiger partial charge in [0.25, 0.3) is 0 Å². The second kappa shape index (κ2) is 7.96. The molecule has 8 heteroatoms. The van der Waals surface area contributed by atoms with E-state index in [-0.39, 0.29) is 12.3 Å². The van der Waals surface area contributed by atoms with Gasteiger partial charge in [0.15, 0.2) is 5.13 Å². The number of pyridine rings is 1. The van der Waals surface area contributed by atoms with Gasteiger partial charge in [-0.15, -0.1) is 11.3 Å². The molecule has 0 spiro atoms. The molecule has 0 radical (unpaired) electrons. The van der Waals surface area contributed by atoms with Crippen molar-refractivity contribution in [3.8, 4) is 11.4 Å². The first-order chi connectivity index (χ1) is 13.2. The molecular formula is C19H21N5O2S. The molecule has 1 aliphatic carbocycles. The lowest BCUT2D eigenvalue weighted by atomic mass is 9.89. The van der Waals surface area contributed by atoms with Gasteiger partial charge in [0.05, 0.1) is 5.69 Å². The van der Waals surface area contributed by atoms with Gasteiger partial charge in [-0.05, 0) is 37.3 Å². The summed E-state index contributed by atoms with van der Waals surface area (Å²) in [6.45, 7) is 2.23. The number of nitrogens with one attached hydrogen (secondary N) is 1. The number of anilines is 1. The summed E-state index contributed by atoms with van der Waals surface area (Å²) in [6, 6.07) is 3.63. The highest BCUT2D eigenvalue weighted by atomic mass is 32.1. The minimum Gasteiger partial charge on any atom is -0.339 e. The second-order valence-electron chi connectivity index (χ2n) is 6.70. The molecule has 1 amide bonds. The molecule has 0 aliphatic heterocycles. The smallest absolute Gasteiger partial charge is 0.227 e. The first-order valence-electron chi connectivity index (χ1n) is 9.22. The molecule has 1 atom stereocenters. The summed E-state index contributed by atoms with van der Waals surface area (Å²) in [5, 5.41) is 7.56. The third-order valence-corrected chi connectivity index (χ3v) is 5.87. The van der Waals surface area contributed by atoms with Crippen LogP contribution >= 0.6 is 11.3 Å². The zero-order chi connectivity index (χ0) is 18.6. The molecule has 3 aromatic rings. The van der Waals surface area contributed by atoms with E-state index in [4.69, 9.17) is 4.52 Å². The largest absolute Gasteiger partial charge is 0.339 e. The average molecular weight is 383 g/mol. The van der Waals surface area contributed by atoms with Crippen LogP contribution in [0.2, 0.25) is 0 Å². The van der Waals surface area contributed by atoms with Crippen molar-refractivity contribution in [3.63, 3.8) is 0 Å². The van der Waals surface area contributed by atoms with Crippen molar-refractivity contribution >= 4 is 22.4 Å². The Bertz CT molecular complexity index is 921. The van der Waals surface area contributed by atoms with E-state index in [0.29, 0.717) is 23.3 Å². The molecule has 140 valence electrons. The van der Waals surface area contributed by atoms with Crippen molar-refractivity contribution in [2.24, 2.45) is 5.92 Å². The molecule has 3 heterocycles. The van der Waals surface area contributed by atoms with Crippen molar-refractivity contribution in [2.45, 2.75) is 45.4 Å². The van der Waals surface area contributed by atoms with E-state index in [1.807, 2.05) is 12.1 Å². The van der Waals surface area contributed by atoms with Crippen molar-refractivity contribution in [1.82, 2.24) is 20.1 Å². The van der Waals surface area contributed by atoms with Gasteiger partial charge in [-0.25, -0.2) is 4.98 Å². The molecule has 0 bridgehead atoms. The number of aryl methyl sites for hydroxylation is 2. The lowest BCUT2D eigenvalue weighted by molar-refractivity contribution is -0.116. The van der Waals surface area contributed by atoms with Crippen LogP contribution in [-0.2, 0) is 24.1 Å². The third-order valence-electron chi connectivity index (χ3n) is 4.84. The second-order valence-corrected chi connectivity index (χ2v) is 7.79. The number of carbonyl (C=O) groups excluding carboxylic acids is 1. The Morgan fingerprint density at radius 2 is 2.19 bits per heavy atom. The fourth-order valence-corrected chi connectivity index (χ4v) is 4.36. The fourth-order valence-electron chi connectivity index (χ4n) is 3.22. The Kier molecular flexibility index (Phi) is 5.24. The van der Waals surface area contributed by atoms with Crippen LogP contribution in [0.3, 0.4) is 0 Å². The number of hydrogen-bond donors (Lipinski definition) is 1. The molecule has 1 unspecified atom stereocenters. The van der Waals surface area contributed by atoms with Crippen LogP contribution in [0.25, 0.3) is 11.4 Å². The highest BCUT2D eigenvalue weighted by molar-refractivity contribution is 7.15. The molecule has 7 nitrogen and oxygen atoms in total. The molecule has 4 rings (SSSR count). The summed E-state index contributed by atoms with van der Waals surface area (Å²) >= 11 is 1.61. The van der Waals surface area contributed by atoms with E-state index < -0.39 is 0 Å². The molecule has 0 fully saturated rings. The number of rotatable bonds is 6. The molecule has 0 saturated heterocycles. The number of carbonyl (C=O) groups is 1. The summed E-state index contributed by atoms with van der Waals surface area (Å²) < 4.78 is 5.24. The van der Waals surface area contributed by atoms with Gasteiger partial charge < -0.3 is 9.84 Å². The molecule has 1 aliphatic rings. The number of hydrogen-bond acceptors (Lipinski definition) is 7. The van der Waals surface area contributed by atoms with E-state index in [9.17, 15) is 4.79 Å². The minimum atomic E-state index is -0.0863. The molecule has 27 heavy (non-hydrogen) atoms. The number of aromatic nitrogens is 4. The SMILES string of the molecule is CCC1CCc2nc(NC(=O)CCc3nc(-c4ccncc4)no3)sc2C1. The van der Waals surface area contributed by atoms with Crippen LogP contribution in [0.15, 0.2) is 29.0 Å². The van der Waals surface area contributed by atoms with Crippen LogP contribution in [-0.4, -0.2) is 26.0 Å². The van der Waals surface area contributed by atoms with Gasteiger partial charge in [-0.2, -0.15) is 4.98 Å². The standard InChI is InChI=1S/C19H21N5O2S/c1-2-12-3-4-14-15(11-12)27-19(21-14)22-16(25)5-6-17-23-18(24-26-17)13-7-9-20-10-8-13/h7-10,12H,2-6,11H2,1H3,(H,21,22,25). The third kappa shape index (κ3) is 4.21. The summed E-state index contributed by atoms with van der Waals surface area (Å²) in [6.07, 6.45) is 8.51. The Morgan fingerprint density at radius 1 is 1.33 bits per heavy atom. The van der Waals surface area contributed by atoms with Crippen molar-refractivity contribution in [3.05, 3.63) is 41.0 Å². The van der Waals surface area contributed by atoms with Crippen LogP contribution < -0.4 is 5.32 Å².